The van der Waals surface area contributed by atoms with Crippen LogP contribution in [0.1, 0.15) is 79.1 Å². The van der Waals surface area contributed by atoms with Gasteiger partial charge in [0.05, 0.1) is 26.2 Å². The molecule has 25 heavy (non-hydrogen) atoms. The molecule has 4 N–H and O–H groups in total. The average Bonchev–Trinajstić information content (AvgIpc) is 2.45. The standard InChI is InChI=1S/2C8H19N.F6Si/c2*1-3-5-7-9-8-6-4-2;1-7(2,3,4,5)6/h2*9H,3-8H2,1-2H3;/q;;-2/p+2. The Kier molecular flexibility index (Phi) is 17.5. The van der Waals surface area contributed by atoms with Gasteiger partial charge in [0.15, 0.2) is 0 Å². The SMILES string of the molecule is CCCC[NH2+]CCCC.CCCC[NH2+]CCCC.F[Si-2](F)(F)(F)(F)F. The molecule has 0 aromatic carbocycles. The first-order chi connectivity index (χ1) is 11.3. The second-order valence-electron chi connectivity index (χ2n) is 6.22. The molecule has 0 fully saturated rings. The second kappa shape index (κ2) is 14.8. The zero-order chi connectivity index (χ0) is 20.3. The fraction of sp³-hybridized carbons (Fsp3) is 1.00. The van der Waals surface area contributed by atoms with Crippen molar-refractivity contribution in [1.29, 1.82) is 0 Å². The van der Waals surface area contributed by atoms with Crippen molar-refractivity contribution in [3.8, 4) is 0 Å². The van der Waals surface area contributed by atoms with Gasteiger partial charge in [0.1, 0.15) is 0 Å². The number of nitrogens with two attached hydrogens (primary N) is 2. The molecule has 0 aliphatic heterocycles. The van der Waals surface area contributed by atoms with Crippen LogP contribution in [0.3, 0.4) is 0 Å². The molecule has 0 heterocycles. The first-order valence-corrected chi connectivity index (χ1v) is 11.9. The Bertz CT molecular complexity index is 232. The first-order valence-electron chi connectivity index (χ1n) is 9.60. The van der Waals surface area contributed by atoms with Crippen LogP contribution in [0.5, 0.6) is 0 Å². The van der Waals surface area contributed by atoms with Crippen LogP contribution in [0.4, 0.5) is 24.6 Å². The van der Waals surface area contributed by atoms with Crippen LogP contribution in [0, 0.1) is 0 Å². The van der Waals surface area contributed by atoms with Gasteiger partial charge in [0.25, 0.3) is 0 Å². The topological polar surface area (TPSA) is 33.2 Å². The molecule has 0 spiro atoms. The summed E-state index contributed by atoms with van der Waals surface area (Å²) in [5.74, 6) is 0. The van der Waals surface area contributed by atoms with E-state index in [-0.39, 0.29) is 0 Å². The second-order valence-corrected chi connectivity index (χ2v) is 8.36. The van der Waals surface area contributed by atoms with Crippen molar-refractivity contribution in [3.05, 3.63) is 0 Å². The molecule has 0 saturated heterocycles. The van der Waals surface area contributed by atoms with E-state index >= 15 is 0 Å². The van der Waals surface area contributed by atoms with Crippen LogP contribution >= 0.6 is 0 Å². The molecular weight excluding hydrogens is 362 g/mol. The summed E-state index contributed by atoms with van der Waals surface area (Å²) >= 11 is 0. The molecule has 0 aromatic rings. The van der Waals surface area contributed by atoms with E-state index in [1.807, 2.05) is 0 Å². The van der Waals surface area contributed by atoms with Gasteiger partial charge in [-0.25, -0.2) is 0 Å². The Labute approximate surface area is 150 Å². The molecule has 0 atom stereocenters. The van der Waals surface area contributed by atoms with Gasteiger partial charge >= 0.3 is 33.3 Å². The fourth-order valence-electron chi connectivity index (χ4n) is 1.68. The van der Waals surface area contributed by atoms with Gasteiger partial charge in [0, 0.05) is 0 Å². The van der Waals surface area contributed by atoms with E-state index in [1.165, 1.54) is 77.5 Å². The summed E-state index contributed by atoms with van der Waals surface area (Å²) in [7, 11) is -10.8. The predicted octanol–water partition coefficient (Wildman–Crippen LogP) is 4.44. The van der Waals surface area contributed by atoms with Crippen LogP contribution in [0.25, 0.3) is 0 Å². The van der Waals surface area contributed by atoms with Gasteiger partial charge < -0.3 is 10.6 Å². The Balaban J connectivity index is -0.000000293. The number of quaternary nitrogens is 2. The summed E-state index contributed by atoms with van der Waals surface area (Å²) < 4.78 is 59.3. The molecule has 2 nitrogen and oxygen atoms in total. The summed E-state index contributed by atoms with van der Waals surface area (Å²) in [6, 6.07) is 0. The third kappa shape index (κ3) is 81.5. The van der Waals surface area contributed by atoms with Gasteiger partial charge in [-0.15, -0.1) is 0 Å². The van der Waals surface area contributed by atoms with Gasteiger partial charge in [-0.1, -0.05) is 53.4 Å². The van der Waals surface area contributed by atoms with Crippen molar-refractivity contribution < 1.29 is 35.3 Å². The summed E-state index contributed by atoms with van der Waals surface area (Å²) in [5, 5.41) is 4.85. The normalized spacial score (nSPS) is 13.7. The van der Waals surface area contributed by atoms with Crippen molar-refractivity contribution in [2.24, 2.45) is 0 Å². The number of halogens is 6. The van der Waals surface area contributed by atoms with E-state index in [1.54, 1.807) is 0 Å². The average molecular weight is 403 g/mol. The number of rotatable bonds is 12. The number of unbranched alkanes of at least 4 members (excludes halogenated alkanes) is 4. The Morgan fingerprint density at radius 1 is 0.480 bits per heavy atom. The third-order valence-corrected chi connectivity index (χ3v) is 3.05. The van der Waals surface area contributed by atoms with Crippen molar-refractivity contribution in [2.45, 2.75) is 79.1 Å². The minimum absolute atomic E-state index is 1.33. The zero-order valence-electron chi connectivity index (χ0n) is 16.4. The van der Waals surface area contributed by atoms with E-state index in [9.17, 15) is 24.6 Å². The van der Waals surface area contributed by atoms with Gasteiger partial charge in [-0.05, 0) is 25.7 Å². The molecule has 160 valence electrons. The quantitative estimate of drug-likeness (QED) is 0.209. The van der Waals surface area contributed by atoms with Crippen molar-refractivity contribution in [1.82, 2.24) is 0 Å². The van der Waals surface area contributed by atoms with Gasteiger partial charge in [-0.3, -0.25) is 0 Å². The minimum atomic E-state index is -10.8. The molecule has 0 aliphatic carbocycles. The Morgan fingerprint density at radius 3 is 0.760 bits per heavy atom. The van der Waals surface area contributed by atoms with Crippen LogP contribution in [0.2, 0.25) is 0 Å². The van der Waals surface area contributed by atoms with Crippen LogP contribution in [-0.4, -0.2) is 34.8 Å². The Morgan fingerprint density at radius 2 is 0.640 bits per heavy atom. The summed E-state index contributed by atoms with van der Waals surface area (Å²) in [6.07, 6.45) is 10.9. The van der Waals surface area contributed by atoms with Crippen molar-refractivity contribution in [3.63, 3.8) is 0 Å². The fourth-order valence-corrected chi connectivity index (χ4v) is 1.68. The van der Waals surface area contributed by atoms with Gasteiger partial charge in [0.2, 0.25) is 0 Å². The number of hydrogen-bond donors (Lipinski definition) is 2. The van der Waals surface area contributed by atoms with Crippen molar-refractivity contribution in [2.75, 3.05) is 26.2 Å². The molecule has 0 radical (unpaired) electrons. The van der Waals surface area contributed by atoms with Crippen LogP contribution < -0.4 is 10.6 Å². The summed E-state index contributed by atoms with van der Waals surface area (Å²) in [6.45, 7) is 14.3. The first kappa shape index (κ1) is 29.5. The van der Waals surface area contributed by atoms with E-state index < -0.39 is 8.63 Å². The van der Waals surface area contributed by atoms with Crippen LogP contribution in [0.15, 0.2) is 0 Å². The monoisotopic (exact) mass is 402 g/mol. The molecule has 9 heteroatoms. The molecule has 0 unspecified atom stereocenters. The molecule has 0 rings (SSSR count). The maximum absolute atomic E-state index is 10.8. The molecule has 0 aromatic heterocycles. The molecule has 0 bridgehead atoms. The molecule has 0 aliphatic rings. The molecule has 0 amide bonds. The van der Waals surface area contributed by atoms with E-state index in [2.05, 4.69) is 38.3 Å². The summed E-state index contributed by atoms with van der Waals surface area (Å²) in [5.41, 5.74) is 0. The van der Waals surface area contributed by atoms with E-state index in [0.717, 1.165) is 0 Å². The van der Waals surface area contributed by atoms with Crippen LogP contribution in [-0.2, 0) is 0 Å². The van der Waals surface area contributed by atoms with E-state index in [0.29, 0.717) is 0 Å². The maximum atomic E-state index is 9.88. The third-order valence-electron chi connectivity index (χ3n) is 3.05. The zero-order valence-corrected chi connectivity index (χ0v) is 17.4. The number of hydrogen-bond acceptors (Lipinski definition) is 0. The summed E-state index contributed by atoms with van der Waals surface area (Å²) in [4.78, 5) is 0. The molecule has 0 saturated carbocycles. The van der Waals surface area contributed by atoms with E-state index in [4.69, 9.17) is 0 Å². The van der Waals surface area contributed by atoms with Crippen molar-refractivity contribution >= 4 is 8.63 Å². The Hall–Kier alpha value is -0.283. The van der Waals surface area contributed by atoms with Gasteiger partial charge in [-0.2, -0.15) is 0 Å². The molecular formula is C16H40F6N2Si. The predicted molar refractivity (Wildman–Crippen MR) is 95.4 cm³/mol.